The minimum absolute atomic E-state index is 0.139. The van der Waals surface area contributed by atoms with Crippen molar-refractivity contribution >= 4 is 10.0 Å². The summed E-state index contributed by atoms with van der Waals surface area (Å²) in [4.78, 5) is 7.63. The lowest BCUT2D eigenvalue weighted by Crippen LogP contribution is -2.43. The minimum Gasteiger partial charge on any atom is -0.346 e. The van der Waals surface area contributed by atoms with Crippen molar-refractivity contribution in [2.24, 2.45) is 0 Å². The topological polar surface area (TPSA) is 66.1 Å². The molecule has 2 heterocycles. The maximum atomic E-state index is 12.7. The summed E-state index contributed by atoms with van der Waals surface area (Å²) in [5, 5.41) is -0.139. The van der Waals surface area contributed by atoms with Gasteiger partial charge in [0.05, 0.1) is 5.25 Å². The molecule has 0 amide bonds. The fraction of sp³-hybridized carbons (Fsp3) is 0.786. The molecule has 0 spiro atoms. The molecule has 0 radical (unpaired) electrons. The molecule has 6 heteroatoms. The normalized spacial score (nSPS) is 26.1. The van der Waals surface area contributed by atoms with Crippen LogP contribution in [0.3, 0.4) is 0 Å². The predicted molar refractivity (Wildman–Crippen MR) is 78.0 cm³/mol. The molecule has 1 saturated carbocycles. The van der Waals surface area contributed by atoms with Crippen molar-refractivity contribution in [3.05, 3.63) is 17.7 Å². The summed E-state index contributed by atoms with van der Waals surface area (Å²) in [7, 11) is -3.10. The molecule has 112 valence electrons. The smallest absolute Gasteiger partial charge is 0.217 e. The molecule has 2 aliphatic rings. The van der Waals surface area contributed by atoms with E-state index in [9.17, 15) is 8.42 Å². The molecule has 0 unspecified atom stereocenters. The van der Waals surface area contributed by atoms with Crippen molar-refractivity contribution in [3.8, 4) is 0 Å². The molecule has 2 fully saturated rings. The number of piperidine rings is 1. The lowest BCUT2D eigenvalue weighted by Gasteiger charge is -2.32. The Kier molecular flexibility index (Phi) is 3.86. The van der Waals surface area contributed by atoms with E-state index in [1.165, 1.54) is 0 Å². The van der Waals surface area contributed by atoms with Crippen LogP contribution >= 0.6 is 0 Å². The van der Waals surface area contributed by atoms with E-state index in [4.69, 9.17) is 0 Å². The summed E-state index contributed by atoms with van der Waals surface area (Å²) in [6, 6.07) is 0. The average Bonchev–Trinajstić information content (AvgIpc) is 3.10. The highest BCUT2D eigenvalue weighted by atomic mass is 32.2. The SMILES string of the molecule is Cc1cnc([C@H]2CCCN(S(=O)(=O)C3CCCC3)C2)[nH]1. The molecule has 1 saturated heterocycles. The molecule has 5 nitrogen and oxygen atoms in total. The second kappa shape index (κ2) is 5.48. The van der Waals surface area contributed by atoms with E-state index in [0.29, 0.717) is 13.1 Å². The van der Waals surface area contributed by atoms with Gasteiger partial charge in [0.15, 0.2) is 0 Å². The second-order valence-corrected chi connectivity index (χ2v) is 8.31. The van der Waals surface area contributed by atoms with Crippen LogP contribution in [0.15, 0.2) is 6.20 Å². The summed E-state index contributed by atoms with van der Waals surface area (Å²) in [6.45, 7) is 3.24. The van der Waals surface area contributed by atoms with Gasteiger partial charge in [-0.3, -0.25) is 0 Å². The van der Waals surface area contributed by atoms with Gasteiger partial charge in [-0.2, -0.15) is 0 Å². The second-order valence-electron chi connectivity index (χ2n) is 6.10. The van der Waals surface area contributed by atoms with E-state index in [-0.39, 0.29) is 11.2 Å². The van der Waals surface area contributed by atoms with Crippen LogP contribution in [0.4, 0.5) is 0 Å². The summed E-state index contributed by atoms with van der Waals surface area (Å²) in [5.74, 6) is 1.16. The molecule has 0 aromatic carbocycles. The Bertz CT molecular complexity index is 561. The van der Waals surface area contributed by atoms with Gasteiger partial charge in [0, 0.05) is 30.9 Å². The van der Waals surface area contributed by atoms with Gasteiger partial charge in [-0.15, -0.1) is 0 Å². The summed E-state index contributed by atoms with van der Waals surface area (Å²) >= 11 is 0. The Morgan fingerprint density at radius 2 is 2.00 bits per heavy atom. The monoisotopic (exact) mass is 297 g/mol. The zero-order chi connectivity index (χ0) is 14.2. The van der Waals surface area contributed by atoms with E-state index in [1.54, 1.807) is 4.31 Å². The number of sulfonamides is 1. The standard InChI is InChI=1S/C14H23N3O2S/c1-11-9-15-14(16-11)12-5-4-8-17(10-12)20(18,19)13-6-2-3-7-13/h9,12-13H,2-8,10H2,1H3,(H,15,16)/t12-/m0/s1. The molecule has 20 heavy (non-hydrogen) atoms. The van der Waals surface area contributed by atoms with Gasteiger partial charge in [-0.05, 0) is 32.6 Å². The van der Waals surface area contributed by atoms with Crippen LogP contribution in [0, 0.1) is 6.92 Å². The first-order valence-corrected chi connectivity index (χ1v) is 9.08. The van der Waals surface area contributed by atoms with E-state index >= 15 is 0 Å². The molecule has 3 rings (SSSR count). The first-order valence-electron chi connectivity index (χ1n) is 7.58. The molecule has 1 aliphatic carbocycles. The van der Waals surface area contributed by atoms with Crippen LogP contribution in [0.1, 0.15) is 56.0 Å². The lowest BCUT2D eigenvalue weighted by molar-refractivity contribution is 0.306. The molecule has 1 atom stereocenters. The first-order chi connectivity index (χ1) is 9.57. The number of aromatic amines is 1. The van der Waals surface area contributed by atoms with E-state index in [0.717, 1.165) is 50.0 Å². The van der Waals surface area contributed by atoms with Crippen molar-refractivity contribution in [1.82, 2.24) is 14.3 Å². The number of imidazole rings is 1. The number of H-pyrrole nitrogens is 1. The predicted octanol–water partition coefficient (Wildman–Crippen LogP) is 2.17. The zero-order valence-electron chi connectivity index (χ0n) is 12.0. The summed E-state index contributed by atoms with van der Waals surface area (Å²) in [6.07, 6.45) is 7.55. The van der Waals surface area contributed by atoms with Crippen molar-refractivity contribution < 1.29 is 8.42 Å². The molecular formula is C14H23N3O2S. The van der Waals surface area contributed by atoms with Gasteiger partial charge in [0.2, 0.25) is 10.0 Å². The van der Waals surface area contributed by atoms with Gasteiger partial charge >= 0.3 is 0 Å². The van der Waals surface area contributed by atoms with Crippen LogP contribution in [0.2, 0.25) is 0 Å². The maximum Gasteiger partial charge on any atom is 0.217 e. The molecule has 1 aromatic heterocycles. The van der Waals surface area contributed by atoms with Crippen LogP contribution in [0.25, 0.3) is 0 Å². The third kappa shape index (κ3) is 2.63. The average molecular weight is 297 g/mol. The lowest BCUT2D eigenvalue weighted by atomic mass is 9.99. The first kappa shape index (κ1) is 14.1. The van der Waals surface area contributed by atoms with Crippen LogP contribution in [-0.2, 0) is 10.0 Å². The summed E-state index contributed by atoms with van der Waals surface area (Å²) in [5.41, 5.74) is 1.04. The molecule has 1 N–H and O–H groups in total. The fourth-order valence-corrected chi connectivity index (χ4v) is 5.56. The third-order valence-electron chi connectivity index (χ3n) is 4.58. The van der Waals surface area contributed by atoms with Crippen LogP contribution in [-0.4, -0.2) is 41.0 Å². The van der Waals surface area contributed by atoms with Crippen molar-refractivity contribution in [1.29, 1.82) is 0 Å². The Morgan fingerprint density at radius 1 is 1.25 bits per heavy atom. The number of nitrogens with one attached hydrogen (secondary N) is 1. The maximum absolute atomic E-state index is 12.7. The van der Waals surface area contributed by atoms with Gasteiger partial charge in [0.25, 0.3) is 0 Å². The Hall–Kier alpha value is -0.880. The highest BCUT2D eigenvalue weighted by molar-refractivity contribution is 7.89. The third-order valence-corrected chi connectivity index (χ3v) is 6.94. The number of nitrogens with zero attached hydrogens (tertiary/aromatic N) is 2. The van der Waals surface area contributed by atoms with E-state index < -0.39 is 10.0 Å². The number of hydrogen-bond donors (Lipinski definition) is 1. The summed E-state index contributed by atoms with van der Waals surface area (Å²) < 4.78 is 27.0. The highest BCUT2D eigenvalue weighted by Crippen LogP contribution is 2.32. The van der Waals surface area contributed by atoms with Crippen LogP contribution in [0.5, 0.6) is 0 Å². The highest BCUT2D eigenvalue weighted by Gasteiger charge is 2.37. The van der Waals surface area contributed by atoms with Gasteiger partial charge in [-0.1, -0.05) is 12.8 Å². The molecule has 1 aromatic rings. The van der Waals surface area contributed by atoms with Crippen molar-refractivity contribution in [2.75, 3.05) is 13.1 Å². The Morgan fingerprint density at radius 3 is 2.65 bits per heavy atom. The van der Waals surface area contributed by atoms with E-state index in [2.05, 4.69) is 9.97 Å². The van der Waals surface area contributed by atoms with Gasteiger partial charge in [-0.25, -0.2) is 17.7 Å². The Balaban J connectivity index is 1.74. The number of aromatic nitrogens is 2. The Labute approximate surface area is 120 Å². The molecule has 0 bridgehead atoms. The number of rotatable bonds is 3. The zero-order valence-corrected chi connectivity index (χ0v) is 12.8. The molecule has 1 aliphatic heterocycles. The van der Waals surface area contributed by atoms with Gasteiger partial charge < -0.3 is 4.98 Å². The van der Waals surface area contributed by atoms with Crippen LogP contribution < -0.4 is 0 Å². The number of hydrogen-bond acceptors (Lipinski definition) is 3. The van der Waals surface area contributed by atoms with E-state index in [1.807, 2.05) is 13.1 Å². The van der Waals surface area contributed by atoms with Crippen molar-refractivity contribution in [2.45, 2.75) is 56.6 Å². The van der Waals surface area contributed by atoms with Crippen molar-refractivity contribution in [3.63, 3.8) is 0 Å². The molecular weight excluding hydrogens is 274 g/mol. The quantitative estimate of drug-likeness (QED) is 0.930. The number of aryl methyl sites for hydroxylation is 1. The fourth-order valence-electron chi connectivity index (χ4n) is 3.43. The van der Waals surface area contributed by atoms with Gasteiger partial charge in [0.1, 0.15) is 5.82 Å². The minimum atomic E-state index is -3.10. The largest absolute Gasteiger partial charge is 0.346 e.